The maximum atomic E-state index is 14.0. The maximum absolute atomic E-state index is 14.0. The third-order valence-corrected chi connectivity index (χ3v) is 10.2. The first-order chi connectivity index (χ1) is 26.1. The van der Waals surface area contributed by atoms with Crippen LogP contribution in [-0.2, 0) is 28.8 Å². The van der Waals surface area contributed by atoms with E-state index < -0.39 is 146 Å². The van der Waals surface area contributed by atoms with E-state index in [0.29, 0.717) is 0 Å². The molecule has 3 aliphatic rings. The molecule has 22 nitrogen and oxygen atoms in total. The minimum Gasteiger partial charge on any atom is -0.508 e. The highest BCUT2D eigenvalue weighted by Gasteiger charge is 2.50. The van der Waals surface area contributed by atoms with Crippen molar-refractivity contribution in [3.8, 4) is 5.75 Å². The van der Waals surface area contributed by atoms with Gasteiger partial charge in [-0.25, -0.2) is 0 Å². The molecule has 15 N–H and O–H groups in total. The highest BCUT2D eigenvalue weighted by Crippen LogP contribution is 2.27. The molecule has 1 aromatic rings. The van der Waals surface area contributed by atoms with Gasteiger partial charge in [0, 0.05) is 31.8 Å². The molecular formula is C34H52ClN7O15. The van der Waals surface area contributed by atoms with Crippen molar-refractivity contribution < 1.29 is 74.7 Å². The summed E-state index contributed by atoms with van der Waals surface area (Å²) in [5, 5.41) is 105. The van der Waals surface area contributed by atoms with Crippen LogP contribution in [0.2, 0.25) is 0 Å². The van der Waals surface area contributed by atoms with Crippen molar-refractivity contribution in [1.82, 2.24) is 31.1 Å². The SMILES string of the molecule is C[C@@H](O)C1NC(=O)C([C@H](O)[C@@H](O)c2ccc(O)cc2)NC(=O)[C@@H]2C[C@@H](O)CN2C(=O)C([C@@H](C)O)NC(=O)[C@@H](N)C[C@@H](O)[C@@H](O)NC(=O)[C@@H]2[C@@H](O)[C@@H](C)CN2C1=O.Cl. The second kappa shape index (κ2) is 19.5. The van der Waals surface area contributed by atoms with E-state index in [-0.39, 0.29) is 30.3 Å². The van der Waals surface area contributed by atoms with Crippen LogP contribution in [0.15, 0.2) is 24.3 Å². The molecule has 0 radical (unpaired) electrons. The fourth-order valence-electron chi connectivity index (χ4n) is 6.92. The van der Waals surface area contributed by atoms with Crippen LogP contribution >= 0.6 is 12.4 Å². The number of rotatable bonds is 5. The number of benzene rings is 1. The van der Waals surface area contributed by atoms with Gasteiger partial charge in [-0.15, -0.1) is 12.4 Å². The summed E-state index contributed by atoms with van der Waals surface area (Å²) in [5.74, 6) is -8.12. The Hall–Kier alpha value is -4.23. The van der Waals surface area contributed by atoms with E-state index in [1.165, 1.54) is 19.1 Å². The van der Waals surface area contributed by atoms with Gasteiger partial charge in [0.15, 0.2) is 6.23 Å². The average Bonchev–Trinajstić information content (AvgIpc) is 3.68. The van der Waals surface area contributed by atoms with Crippen LogP contribution in [0.1, 0.15) is 45.3 Å². The first-order valence-electron chi connectivity index (χ1n) is 18.0. The van der Waals surface area contributed by atoms with Crippen LogP contribution in [0.25, 0.3) is 0 Å². The van der Waals surface area contributed by atoms with Crippen molar-refractivity contribution in [3.05, 3.63) is 29.8 Å². The van der Waals surface area contributed by atoms with Gasteiger partial charge in [0.05, 0.1) is 30.5 Å². The van der Waals surface area contributed by atoms with Gasteiger partial charge < -0.3 is 82.8 Å². The number of amides is 6. The summed E-state index contributed by atoms with van der Waals surface area (Å²) in [6.45, 7) is 2.85. The van der Waals surface area contributed by atoms with Crippen molar-refractivity contribution >= 4 is 47.9 Å². The van der Waals surface area contributed by atoms with E-state index >= 15 is 0 Å². The molecule has 3 aliphatic heterocycles. The molecule has 3 unspecified atom stereocenters. The van der Waals surface area contributed by atoms with Crippen molar-refractivity contribution in [3.63, 3.8) is 0 Å². The molecule has 6 amide bonds. The summed E-state index contributed by atoms with van der Waals surface area (Å²) in [5.41, 5.74) is 5.88. The largest absolute Gasteiger partial charge is 0.508 e. The topological polar surface area (TPSA) is 365 Å². The van der Waals surface area contributed by atoms with Gasteiger partial charge >= 0.3 is 0 Å². The number of carbonyl (C=O) groups is 6. The number of fused-ring (bicyclic) bond motifs is 2. The van der Waals surface area contributed by atoms with Crippen molar-refractivity contribution in [2.24, 2.45) is 11.7 Å². The summed E-state index contributed by atoms with van der Waals surface area (Å²) < 4.78 is 0. The minimum absolute atomic E-state index is 0. The number of halogens is 1. The Kier molecular flexibility index (Phi) is 16.1. The van der Waals surface area contributed by atoms with Gasteiger partial charge in [-0.1, -0.05) is 19.1 Å². The van der Waals surface area contributed by atoms with Gasteiger partial charge in [-0.3, -0.25) is 28.8 Å². The van der Waals surface area contributed by atoms with Crippen molar-refractivity contribution in [1.29, 1.82) is 0 Å². The number of phenols is 1. The summed E-state index contributed by atoms with van der Waals surface area (Å²) >= 11 is 0. The first-order valence-corrected chi connectivity index (χ1v) is 18.0. The Morgan fingerprint density at radius 3 is 1.79 bits per heavy atom. The average molecular weight is 834 g/mol. The fourth-order valence-corrected chi connectivity index (χ4v) is 6.92. The molecule has 0 aromatic heterocycles. The van der Waals surface area contributed by atoms with E-state index in [2.05, 4.69) is 16.0 Å². The number of nitrogens with one attached hydrogen (secondary N) is 4. The van der Waals surface area contributed by atoms with Crippen LogP contribution < -0.4 is 27.0 Å². The van der Waals surface area contributed by atoms with E-state index in [1.54, 1.807) is 0 Å². The zero-order valence-corrected chi connectivity index (χ0v) is 32.0. The lowest BCUT2D eigenvalue weighted by Crippen LogP contribution is -2.64. The third kappa shape index (κ3) is 10.6. The quantitative estimate of drug-likeness (QED) is 0.131. The smallest absolute Gasteiger partial charge is 0.248 e. The highest BCUT2D eigenvalue weighted by molar-refractivity contribution is 5.98. The summed E-state index contributed by atoms with van der Waals surface area (Å²) in [6, 6.07) is -6.28. The summed E-state index contributed by atoms with van der Waals surface area (Å²) in [4.78, 5) is 83.9. The molecule has 0 bridgehead atoms. The molecule has 0 spiro atoms. The number of hydrogen-bond donors (Lipinski definition) is 14. The lowest BCUT2D eigenvalue weighted by atomic mass is 9.96. The second-order valence-corrected chi connectivity index (χ2v) is 14.6. The van der Waals surface area contributed by atoms with Crippen LogP contribution in [0.3, 0.4) is 0 Å². The molecular weight excluding hydrogens is 782 g/mol. The third-order valence-electron chi connectivity index (χ3n) is 10.2. The van der Waals surface area contributed by atoms with Gasteiger partial charge in [0.2, 0.25) is 35.4 Å². The Balaban J connectivity index is 0.00000870. The molecule has 4 rings (SSSR count). The number of aromatic hydroxyl groups is 1. The van der Waals surface area contributed by atoms with Crippen LogP contribution in [0.5, 0.6) is 5.75 Å². The molecule has 23 heteroatoms. The first kappa shape index (κ1) is 47.1. The van der Waals surface area contributed by atoms with E-state index in [9.17, 15) is 74.7 Å². The van der Waals surface area contributed by atoms with E-state index in [0.717, 1.165) is 35.8 Å². The van der Waals surface area contributed by atoms with Crippen LogP contribution in [-0.4, -0.2) is 183 Å². The molecule has 3 saturated heterocycles. The number of carbonyl (C=O) groups excluding carboxylic acids is 6. The molecule has 15 atom stereocenters. The molecule has 3 fully saturated rings. The standard InChI is InChI=1S/C34H51N7O15.ClH/c1-12-10-41-24(25(12)47)32(54)39-30(52)20(46)9-18(35)28(50)36-21(13(2)42)33(55)40-11-17(45)8-19(40)29(51)38-23(31(53)37-22(14(3)43)34(41)56)27(49)26(48)15-4-6-16(44)7-5-15;/h4-7,12-14,17-27,30,42-49,52H,8-11,35H2,1-3H3,(H,36,50)(H,37,53)(H,38,51)(H,39,54);1H/t12-,13+,14+,17+,18-,19-,20+,21?,22?,23?,24-,25-,26-,27-,30+;/m0./s1. The Morgan fingerprint density at radius 2 is 1.23 bits per heavy atom. The predicted molar refractivity (Wildman–Crippen MR) is 195 cm³/mol. The summed E-state index contributed by atoms with van der Waals surface area (Å²) in [6.07, 6.45) is -15.8. The number of nitrogens with two attached hydrogens (primary N) is 1. The van der Waals surface area contributed by atoms with Crippen LogP contribution in [0, 0.1) is 5.92 Å². The van der Waals surface area contributed by atoms with Crippen LogP contribution in [0.4, 0.5) is 0 Å². The van der Waals surface area contributed by atoms with Gasteiger partial charge in [0.25, 0.3) is 0 Å². The number of phenolic OH excluding ortho intramolecular Hbond substituents is 1. The fraction of sp³-hybridized carbons (Fsp3) is 0.647. The minimum atomic E-state index is -2.24. The lowest BCUT2D eigenvalue weighted by molar-refractivity contribution is -0.148. The number of aliphatic hydroxyl groups excluding tert-OH is 8. The van der Waals surface area contributed by atoms with E-state index in [4.69, 9.17) is 5.73 Å². The molecule has 3 heterocycles. The Bertz CT molecular complexity index is 1620. The Labute approximate surface area is 332 Å². The van der Waals surface area contributed by atoms with Crippen molar-refractivity contribution in [2.75, 3.05) is 13.1 Å². The van der Waals surface area contributed by atoms with Gasteiger partial charge in [0.1, 0.15) is 54.3 Å². The van der Waals surface area contributed by atoms with Crippen molar-refractivity contribution in [2.45, 2.75) is 119 Å². The number of hydrogen-bond acceptors (Lipinski definition) is 16. The summed E-state index contributed by atoms with van der Waals surface area (Å²) in [7, 11) is 0. The number of nitrogens with zero attached hydrogens (tertiary/aromatic N) is 2. The maximum Gasteiger partial charge on any atom is 0.248 e. The lowest BCUT2D eigenvalue weighted by Gasteiger charge is -2.34. The van der Waals surface area contributed by atoms with Gasteiger partial charge in [-0.05, 0) is 31.5 Å². The molecule has 57 heavy (non-hydrogen) atoms. The zero-order chi connectivity index (χ0) is 41.9. The Morgan fingerprint density at radius 1 is 0.702 bits per heavy atom. The van der Waals surface area contributed by atoms with Gasteiger partial charge in [-0.2, -0.15) is 0 Å². The predicted octanol–water partition coefficient (Wildman–Crippen LogP) is -6.88. The molecule has 0 aliphatic carbocycles. The second-order valence-electron chi connectivity index (χ2n) is 14.6. The zero-order valence-electron chi connectivity index (χ0n) is 31.2. The highest BCUT2D eigenvalue weighted by atomic mass is 35.5. The molecule has 320 valence electrons. The molecule has 1 aromatic carbocycles. The normalized spacial score (nSPS) is 34.6. The monoisotopic (exact) mass is 833 g/mol. The van der Waals surface area contributed by atoms with E-state index in [1.807, 2.05) is 5.32 Å². The number of aliphatic hydroxyl groups is 8. The molecule has 0 saturated carbocycles.